The number of rotatable bonds is 8. The molecule has 0 unspecified atom stereocenters. The van der Waals surface area contributed by atoms with Gasteiger partial charge in [-0.1, -0.05) is 18.2 Å². The molecule has 2 amide bonds. The summed E-state index contributed by atoms with van der Waals surface area (Å²) in [5, 5.41) is 21.1. The van der Waals surface area contributed by atoms with Crippen LogP contribution in [0.2, 0.25) is 0 Å². The van der Waals surface area contributed by atoms with Gasteiger partial charge in [0.15, 0.2) is 5.75 Å². The van der Waals surface area contributed by atoms with Crippen LogP contribution in [0.5, 0.6) is 5.75 Å². The molecule has 38 heavy (non-hydrogen) atoms. The van der Waals surface area contributed by atoms with Crippen LogP contribution in [-0.2, 0) is 21.5 Å². The first-order chi connectivity index (χ1) is 17.9. The fraction of sp³-hybridized carbons (Fsp3) is 0.0435. The lowest BCUT2D eigenvalue weighted by molar-refractivity contribution is -0.385. The zero-order chi connectivity index (χ0) is 27.6. The van der Waals surface area contributed by atoms with Crippen molar-refractivity contribution < 1.29 is 32.0 Å². The van der Waals surface area contributed by atoms with E-state index in [0.717, 1.165) is 40.9 Å². The van der Waals surface area contributed by atoms with E-state index in [4.69, 9.17) is 4.18 Å². The normalized spacial score (nSPS) is 14.7. The summed E-state index contributed by atoms with van der Waals surface area (Å²) in [7, 11) is -4.29. The third-order valence-corrected chi connectivity index (χ3v) is 7.93. The van der Waals surface area contributed by atoms with Gasteiger partial charge in [-0.25, -0.2) is 0 Å². The zero-order valence-electron chi connectivity index (χ0n) is 18.8. The van der Waals surface area contributed by atoms with Gasteiger partial charge in [0.25, 0.3) is 22.5 Å². The van der Waals surface area contributed by atoms with E-state index in [2.05, 4.69) is 15.9 Å². The summed E-state index contributed by atoms with van der Waals surface area (Å²) in [5.41, 5.74) is 0.628. The van der Waals surface area contributed by atoms with Crippen molar-refractivity contribution in [1.82, 2.24) is 4.90 Å². The van der Waals surface area contributed by atoms with Crippen molar-refractivity contribution in [3.63, 3.8) is 0 Å². The van der Waals surface area contributed by atoms with E-state index in [1.807, 2.05) is 0 Å². The number of amides is 2. The Hall–Kier alpha value is -4.08. The van der Waals surface area contributed by atoms with Gasteiger partial charge in [0.1, 0.15) is 4.90 Å². The van der Waals surface area contributed by atoms with Crippen LogP contribution in [-0.4, -0.2) is 34.3 Å². The number of hydrogen-bond donors (Lipinski definition) is 0. The summed E-state index contributed by atoms with van der Waals surface area (Å²) in [6.07, 6.45) is 1.46. The molecule has 1 fully saturated rings. The molecule has 0 radical (unpaired) electrons. The van der Waals surface area contributed by atoms with E-state index in [9.17, 15) is 38.2 Å². The van der Waals surface area contributed by atoms with Crippen LogP contribution in [0.4, 0.5) is 16.2 Å². The summed E-state index contributed by atoms with van der Waals surface area (Å²) in [4.78, 5) is 46.5. The fourth-order valence-corrected chi connectivity index (χ4v) is 5.64. The summed E-state index contributed by atoms with van der Waals surface area (Å²) in [6.45, 7) is -0.0586. The number of non-ortho nitro benzene ring substituents is 2. The van der Waals surface area contributed by atoms with Crippen molar-refractivity contribution in [2.45, 2.75) is 11.4 Å². The molecule has 1 aliphatic rings. The van der Waals surface area contributed by atoms with Crippen LogP contribution >= 0.6 is 27.7 Å². The molecule has 15 heteroatoms. The van der Waals surface area contributed by atoms with Gasteiger partial charge in [0.2, 0.25) is 0 Å². The average Bonchev–Trinajstić information content (AvgIpc) is 3.13. The second-order valence-electron chi connectivity index (χ2n) is 7.67. The van der Waals surface area contributed by atoms with Crippen LogP contribution in [0, 0.1) is 20.2 Å². The number of carbonyl (C=O) groups is 2. The van der Waals surface area contributed by atoms with E-state index < -0.39 is 31.1 Å². The van der Waals surface area contributed by atoms with Crippen molar-refractivity contribution in [3.05, 3.63) is 107 Å². The maximum Gasteiger partial charge on any atom is 0.339 e. The molecule has 3 aromatic rings. The summed E-state index contributed by atoms with van der Waals surface area (Å²) in [5.74, 6) is -0.609. The second-order valence-corrected chi connectivity index (χ2v) is 11.1. The maximum atomic E-state index is 12.8. The summed E-state index contributed by atoms with van der Waals surface area (Å²) < 4.78 is 30.5. The number of hydrogen-bond acceptors (Lipinski definition) is 10. The van der Waals surface area contributed by atoms with E-state index in [-0.39, 0.29) is 37.9 Å². The number of nitro benzene ring substituents is 2. The number of imide groups is 1. The third kappa shape index (κ3) is 5.90. The molecule has 0 N–H and O–H groups in total. The highest BCUT2D eigenvalue weighted by molar-refractivity contribution is 9.10. The molecule has 194 valence electrons. The van der Waals surface area contributed by atoms with Crippen molar-refractivity contribution in [2.75, 3.05) is 0 Å². The number of thioether (sulfide) groups is 1. The van der Waals surface area contributed by atoms with Gasteiger partial charge in [-0.15, -0.1) is 0 Å². The molecule has 1 aliphatic heterocycles. The number of benzene rings is 3. The third-order valence-electron chi connectivity index (χ3n) is 5.15. The van der Waals surface area contributed by atoms with E-state index in [0.29, 0.717) is 11.1 Å². The molecule has 12 nitrogen and oxygen atoms in total. The lowest BCUT2D eigenvalue weighted by atomic mass is 10.2. The van der Waals surface area contributed by atoms with Gasteiger partial charge in [0, 0.05) is 24.3 Å². The Morgan fingerprint density at radius 1 is 0.921 bits per heavy atom. The number of carbonyl (C=O) groups excluding carboxylic acids is 2. The minimum absolute atomic E-state index is 0.0586. The highest BCUT2D eigenvalue weighted by Crippen LogP contribution is 2.35. The molecule has 3 aromatic carbocycles. The molecule has 0 aliphatic carbocycles. The van der Waals surface area contributed by atoms with Gasteiger partial charge >= 0.3 is 10.1 Å². The molecule has 0 bridgehead atoms. The fourth-order valence-electron chi connectivity index (χ4n) is 3.27. The van der Waals surface area contributed by atoms with Crippen molar-refractivity contribution in [2.24, 2.45) is 0 Å². The predicted molar refractivity (Wildman–Crippen MR) is 140 cm³/mol. The van der Waals surface area contributed by atoms with Crippen LogP contribution in [0.15, 0.2) is 81.0 Å². The van der Waals surface area contributed by atoms with E-state index in [1.54, 1.807) is 0 Å². The van der Waals surface area contributed by atoms with Crippen LogP contribution in [0.1, 0.15) is 11.1 Å². The second kappa shape index (κ2) is 10.7. The standard InChI is InChI=1S/C23H14BrN3O9S2/c24-19-11-15(3-10-20(19)36-38(34,35)18-8-6-17(7-9-18)27(32)33)12-21-22(28)25(23(29)37-21)13-14-1-4-16(5-2-14)26(30)31/h1-12H,13H2/b21-12-. The van der Waals surface area contributed by atoms with Gasteiger partial charge in [0.05, 0.1) is 25.8 Å². The number of halogens is 1. The minimum Gasteiger partial charge on any atom is -0.378 e. The minimum atomic E-state index is -4.29. The van der Waals surface area contributed by atoms with Crippen LogP contribution in [0.3, 0.4) is 0 Å². The smallest absolute Gasteiger partial charge is 0.339 e. The summed E-state index contributed by atoms with van der Waals surface area (Å²) >= 11 is 3.95. The molecular weight excluding hydrogens is 606 g/mol. The Bertz CT molecular complexity index is 1610. The maximum absolute atomic E-state index is 12.8. The molecule has 0 aromatic heterocycles. The predicted octanol–water partition coefficient (Wildman–Crippen LogP) is 5.27. The SMILES string of the molecule is O=C1S/C(=C\c2ccc(OS(=O)(=O)c3ccc([N+](=O)[O-])cc3)c(Br)c2)C(=O)N1Cc1ccc([N+](=O)[O-])cc1. The van der Waals surface area contributed by atoms with E-state index >= 15 is 0 Å². The highest BCUT2D eigenvalue weighted by atomic mass is 79.9. The van der Waals surface area contributed by atoms with Gasteiger partial charge < -0.3 is 4.18 Å². The molecule has 1 heterocycles. The van der Waals surface area contributed by atoms with Crippen molar-refractivity contribution in [3.8, 4) is 5.75 Å². The molecule has 4 rings (SSSR count). The number of nitrogens with zero attached hydrogens (tertiary/aromatic N) is 3. The Kier molecular flexibility index (Phi) is 7.61. The van der Waals surface area contributed by atoms with Gasteiger partial charge in [-0.3, -0.25) is 34.7 Å². The Labute approximate surface area is 227 Å². The highest BCUT2D eigenvalue weighted by Gasteiger charge is 2.35. The van der Waals surface area contributed by atoms with Crippen molar-refractivity contribution >= 4 is 66.4 Å². The van der Waals surface area contributed by atoms with Crippen LogP contribution in [0.25, 0.3) is 6.08 Å². The summed E-state index contributed by atoms with van der Waals surface area (Å²) in [6, 6.07) is 14.0. The molecule has 0 spiro atoms. The Balaban J connectivity index is 1.48. The number of nitro groups is 2. The first-order valence-electron chi connectivity index (χ1n) is 10.4. The monoisotopic (exact) mass is 619 g/mol. The quantitative estimate of drug-likeness (QED) is 0.140. The lowest BCUT2D eigenvalue weighted by Crippen LogP contribution is -2.27. The molecule has 0 saturated carbocycles. The van der Waals surface area contributed by atoms with Crippen LogP contribution < -0.4 is 4.18 Å². The first kappa shape index (κ1) is 27.0. The van der Waals surface area contributed by atoms with Gasteiger partial charge in [-0.2, -0.15) is 8.42 Å². The lowest BCUT2D eigenvalue weighted by Gasteiger charge is -2.12. The largest absolute Gasteiger partial charge is 0.378 e. The average molecular weight is 620 g/mol. The topological polar surface area (TPSA) is 167 Å². The molecule has 1 saturated heterocycles. The van der Waals surface area contributed by atoms with Gasteiger partial charge in [-0.05, 0) is 69.2 Å². The molecular formula is C23H14BrN3O9S2. The first-order valence-corrected chi connectivity index (χ1v) is 13.4. The van der Waals surface area contributed by atoms with Crippen molar-refractivity contribution in [1.29, 1.82) is 0 Å². The molecule has 0 atom stereocenters. The Morgan fingerprint density at radius 2 is 1.50 bits per heavy atom. The Morgan fingerprint density at radius 3 is 2.05 bits per heavy atom. The zero-order valence-corrected chi connectivity index (χ0v) is 22.1. The van der Waals surface area contributed by atoms with E-state index in [1.165, 1.54) is 48.5 Å².